The Hall–Kier alpha value is -1.61. The number of ether oxygens (including phenoxy) is 2. The van der Waals surface area contributed by atoms with E-state index in [-0.39, 0.29) is 23.6 Å². The highest BCUT2D eigenvalue weighted by Crippen LogP contribution is 2.30. The third kappa shape index (κ3) is 3.50. The first-order chi connectivity index (χ1) is 10.6. The zero-order valence-electron chi connectivity index (χ0n) is 12.8. The summed E-state index contributed by atoms with van der Waals surface area (Å²) >= 11 is 0. The van der Waals surface area contributed by atoms with Gasteiger partial charge in [-0.1, -0.05) is 0 Å². The van der Waals surface area contributed by atoms with Crippen LogP contribution in [0.5, 0.6) is 0 Å². The highest BCUT2D eigenvalue weighted by atomic mass is 19.4. The van der Waals surface area contributed by atoms with Gasteiger partial charge in [0.15, 0.2) is 0 Å². The van der Waals surface area contributed by atoms with Crippen molar-refractivity contribution in [3.8, 4) is 0 Å². The summed E-state index contributed by atoms with van der Waals surface area (Å²) in [6.07, 6.45) is -2.30. The zero-order chi connectivity index (χ0) is 16.8. The Balaban J connectivity index is 1.79. The highest BCUT2D eigenvalue weighted by Gasteiger charge is 2.46. The van der Waals surface area contributed by atoms with Crippen LogP contribution in [0, 0.1) is 0 Å². The topological polar surface area (TPSA) is 56.6 Å². The molecule has 0 radical (unpaired) electrons. The lowest BCUT2D eigenvalue weighted by atomic mass is 10.00. The lowest BCUT2D eigenvalue weighted by Gasteiger charge is -2.44. The number of carbonyl (C=O) groups is 1. The lowest BCUT2D eigenvalue weighted by molar-refractivity contribution is -0.142. The molecule has 0 spiro atoms. The van der Waals surface area contributed by atoms with Crippen LogP contribution in [0.4, 0.5) is 13.2 Å². The van der Waals surface area contributed by atoms with E-state index in [4.69, 9.17) is 9.47 Å². The van der Waals surface area contributed by atoms with Crippen LogP contribution in [0.2, 0.25) is 0 Å². The van der Waals surface area contributed by atoms with E-state index in [9.17, 15) is 18.0 Å². The third-order valence-electron chi connectivity index (χ3n) is 3.90. The molecule has 0 N–H and O–H groups in total. The van der Waals surface area contributed by atoms with Crippen molar-refractivity contribution >= 4 is 5.91 Å². The van der Waals surface area contributed by atoms with Gasteiger partial charge < -0.3 is 14.4 Å². The van der Waals surface area contributed by atoms with E-state index >= 15 is 0 Å². The van der Waals surface area contributed by atoms with Crippen LogP contribution in [-0.4, -0.2) is 64.3 Å². The molecule has 128 valence electrons. The van der Waals surface area contributed by atoms with E-state index in [0.29, 0.717) is 19.8 Å². The molecule has 1 aromatic heterocycles. The van der Waals surface area contributed by atoms with E-state index in [1.54, 1.807) is 4.90 Å². The van der Waals surface area contributed by atoms with Crippen LogP contribution in [0.3, 0.4) is 0 Å². The summed E-state index contributed by atoms with van der Waals surface area (Å²) in [5.74, 6) is -0.352. The molecule has 0 bridgehead atoms. The molecular weight excluding hydrogens is 315 g/mol. The molecule has 23 heavy (non-hydrogen) atoms. The predicted molar refractivity (Wildman–Crippen MR) is 72.9 cm³/mol. The molecule has 1 amide bonds. The van der Waals surface area contributed by atoms with Crippen molar-refractivity contribution < 1.29 is 27.4 Å². The van der Waals surface area contributed by atoms with Gasteiger partial charge in [-0.05, 0) is 13.8 Å². The fourth-order valence-electron chi connectivity index (χ4n) is 3.03. The summed E-state index contributed by atoms with van der Waals surface area (Å²) in [5, 5.41) is 3.63. The smallest absolute Gasteiger partial charge is 0.376 e. The maximum absolute atomic E-state index is 12.7. The Morgan fingerprint density at radius 3 is 2.87 bits per heavy atom. The number of alkyl halides is 3. The summed E-state index contributed by atoms with van der Waals surface area (Å²) in [5.41, 5.74) is -0.399. The van der Waals surface area contributed by atoms with E-state index in [1.165, 1.54) is 6.20 Å². The average Bonchev–Trinajstić information content (AvgIpc) is 3.02. The summed E-state index contributed by atoms with van der Waals surface area (Å²) in [4.78, 5) is 14.3. The number of carbonyl (C=O) groups excluding carboxylic acids is 1. The van der Waals surface area contributed by atoms with Gasteiger partial charge in [0, 0.05) is 12.7 Å². The van der Waals surface area contributed by atoms with Crippen molar-refractivity contribution in [1.29, 1.82) is 0 Å². The van der Waals surface area contributed by atoms with Gasteiger partial charge in [-0.15, -0.1) is 0 Å². The van der Waals surface area contributed by atoms with Crippen LogP contribution in [-0.2, 0) is 16.0 Å². The number of rotatable bonds is 2. The number of hydrogen-bond acceptors (Lipinski definition) is 4. The Morgan fingerprint density at radius 2 is 2.17 bits per heavy atom. The Labute approximate surface area is 131 Å². The summed E-state index contributed by atoms with van der Waals surface area (Å²) in [6.45, 7) is 3.64. The molecule has 2 aliphatic rings. The van der Waals surface area contributed by atoms with Crippen molar-refractivity contribution in [3.63, 3.8) is 0 Å². The Bertz CT molecular complexity index is 600. The minimum atomic E-state index is -4.38. The second-order valence-corrected chi connectivity index (χ2v) is 6.50. The second-order valence-electron chi connectivity index (χ2n) is 6.50. The number of fused-ring (bicyclic) bond motifs is 1. The van der Waals surface area contributed by atoms with Gasteiger partial charge in [0.2, 0.25) is 0 Å². The van der Waals surface area contributed by atoms with Gasteiger partial charge in [-0.25, -0.2) is 0 Å². The first kappa shape index (κ1) is 16.3. The molecule has 3 rings (SSSR count). The molecule has 2 saturated heterocycles. The fourth-order valence-corrected chi connectivity index (χ4v) is 3.03. The van der Waals surface area contributed by atoms with E-state index < -0.39 is 18.3 Å². The van der Waals surface area contributed by atoms with Crippen LogP contribution >= 0.6 is 0 Å². The van der Waals surface area contributed by atoms with Crippen LogP contribution in [0.15, 0.2) is 12.4 Å². The molecule has 2 aliphatic heterocycles. The molecule has 0 aliphatic carbocycles. The van der Waals surface area contributed by atoms with Crippen molar-refractivity contribution in [2.45, 2.75) is 44.3 Å². The first-order valence-electron chi connectivity index (χ1n) is 7.30. The molecule has 0 saturated carbocycles. The normalized spacial score (nSPS) is 27.1. The molecule has 2 fully saturated rings. The highest BCUT2D eigenvalue weighted by molar-refractivity contribution is 5.94. The summed E-state index contributed by atoms with van der Waals surface area (Å²) in [6, 6.07) is -0.221. The zero-order valence-corrected chi connectivity index (χ0v) is 12.8. The maximum atomic E-state index is 12.7. The monoisotopic (exact) mass is 333 g/mol. The number of nitrogens with zero attached hydrogens (tertiary/aromatic N) is 3. The van der Waals surface area contributed by atoms with Gasteiger partial charge in [-0.3, -0.25) is 9.48 Å². The van der Waals surface area contributed by atoms with E-state index in [1.807, 2.05) is 13.8 Å². The third-order valence-corrected chi connectivity index (χ3v) is 3.90. The minimum absolute atomic E-state index is 0.137. The SMILES string of the molecule is CC1(C)CN(C(=O)c2cnn(CC(F)(F)F)c2)[C@@H]2COC[C@H]2O1. The molecule has 6 nitrogen and oxygen atoms in total. The minimum Gasteiger partial charge on any atom is -0.376 e. The van der Waals surface area contributed by atoms with Gasteiger partial charge in [-0.2, -0.15) is 18.3 Å². The van der Waals surface area contributed by atoms with Crippen molar-refractivity contribution in [2.75, 3.05) is 19.8 Å². The molecule has 3 heterocycles. The maximum Gasteiger partial charge on any atom is 0.408 e. The standard InChI is InChI=1S/C14H18F3N3O3/c1-13(2)7-20(10-5-22-6-11(10)23-13)12(21)9-3-18-19(4-9)8-14(15,16)17/h3-4,10-11H,5-8H2,1-2H3/t10-,11-/m1/s1. The van der Waals surface area contributed by atoms with Gasteiger partial charge in [0.1, 0.15) is 12.6 Å². The van der Waals surface area contributed by atoms with Gasteiger partial charge in [0.05, 0.1) is 36.6 Å². The Morgan fingerprint density at radius 1 is 1.43 bits per heavy atom. The van der Waals surface area contributed by atoms with Gasteiger partial charge in [0.25, 0.3) is 5.91 Å². The number of hydrogen-bond donors (Lipinski definition) is 0. The predicted octanol–water partition coefficient (Wildman–Crippen LogP) is 1.46. The molecule has 1 aromatic rings. The average molecular weight is 333 g/mol. The van der Waals surface area contributed by atoms with Gasteiger partial charge >= 0.3 is 6.18 Å². The summed E-state index contributed by atoms with van der Waals surface area (Å²) in [7, 11) is 0. The first-order valence-corrected chi connectivity index (χ1v) is 7.30. The van der Waals surface area contributed by atoms with Crippen molar-refractivity contribution in [3.05, 3.63) is 18.0 Å². The number of morpholine rings is 1. The van der Waals surface area contributed by atoms with E-state index in [2.05, 4.69) is 5.10 Å². The molecule has 9 heteroatoms. The largest absolute Gasteiger partial charge is 0.408 e. The number of amides is 1. The van der Waals surface area contributed by atoms with E-state index in [0.717, 1.165) is 10.9 Å². The van der Waals surface area contributed by atoms with Crippen LogP contribution in [0.1, 0.15) is 24.2 Å². The molecular formula is C14H18F3N3O3. The van der Waals surface area contributed by atoms with Crippen LogP contribution in [0.25, 0.3) is 0 Å². The summed E-state index contributed by atoms with van der Waals surface area (Å²) < 4.78 is 49.2. The number of aromatic nitrogens is 2. The van der Waals surface area contributed by atoms with Crippen molar-refractivity contribution in [1.82, 2.24) is 14.7 Å². The second kappa shape index (κ2) is 5.48. The quantitative estimate of drug-likeness (QED) is 0.822. The van der Waals surface area contributed by atoms with Crippen LogP contribution < -0.4 is 0 Å². The molecule has 2 atom stereocenters. The fraction of sp³-hybridized carbons (Fsp3) is 0.714. The Kier molecular flexibility index (Phi) is 3.88. The van der Waals surface area contributed by atoms with Crippen molar-refractivity contribution in [2.24, 2.45) is 0 Å². The lowest BCUT2D eigenvalue weighted by Crippen LogP contribution is -2.60. The molecule has 0 aromatic carbocycles. The molecule has 0 unspecified atom stereocenters. The number of halogens is 3.